The van der Waals surface area contributed by atoms with Crippen molar-refractivity contribution < 1.29 is 8.78 Å². The molecule has 14 heavy (non-hydrogen) atoms. The highest BCUT2D eigenvalue weighted by Crippen LogP contribution is 2.16. The van der Waals surface area contributed by atoms with Crippen molar-refractivity contribution in [3.63, 3.8) is 0 Å². The van der Waals surface area contributed by atoms with Crippen LogP contribution in [0.15, 0.2) is 0 Å². The first-order valence-electron chi connectivity index (χ1n) is 5.43. The lowest BCUT2D eigenvalue weighted by Gasteiger charge is -2.19. The van der Waals surface area contributed by atoms with Crippen LogP contribution in [0.1, 0.15) is 25.7 Å². The van der Waals surface area contributed by atoms with Gasteiger partial charge in [0.05, 0.1) is 0 Å². The molecule has 0 bridgehead atoms. The zero-order valence-corrected chi connectivity index (χ0v) is 8.59. The van der Waals surface area contributed by atoms with Crippen molar-refractivity contribution in [1.82, 2.24) is 4.90 Å². The fourth-order valence-corrected chi connectivity index (χ4v) is 1.96. The summed E-state index contributed by atoms with van der Waals surface area (Å²) in [4.78, 5) is 2.14. The minimum Gasteiger partial charge on any atom is -0.330 e. The lowest BCUT2D eigenvalue weighted by molar-refractivity contribution is 0.116. The maximum absolute atomic E-state index is 12.0. The van der Waals surface area contributed by atoms with Crippen LogP contribution in [-0.2, 0) is 0 Å². The van der Waals surface area contributed by atoms with Crippen molar-refractivity contribution in [2.75, 3.05) is 26.2 Å². The number of nitrogens with two attached hydrogens (primary N) is 1. The molecule has 0 aliphatic carbocycles. The highest BCUT2D eigenvalue weighted by atomic mass is 19.3. The standard InChI is InChI=1S/C10H20F2N2/c11-10(12)4-7-14-5-1-2-9(8-13)3-6-14/h9-10H,1-8,13H2. The number of nitrogens with zero attached hydrogens (tertiary/aromatic N) is 1. The third kappa shape index (κ3) is 4.33. The lowest BCUT2D eigenvalue weighted by Crippen LogP contribution is -2.27. The van der Waals surface area contributed by atoms with Crippen LogP contribution < -0.4 is 5.73 Å². The average molecular weight is 206 g/mol. The fourth-order valence-electron chi connectivity index (χ4n) is 1.96. The summed E-state index contributed by atoms with van der Waals surface area (Å²) in [6.45, 7) is 3.18. The molecule has 1 unspecified atom stereocenters. The van der Waals surface area contributed by atoms with Gasteiger partial charge in [-0.25, -0.2) is 8.78 Å². The van der Waals surface area contributed by atoms with Gasteiger partial charge >= 0.3 is 0 Å². The van der Waals surface area contributed by atoms with Crippen molar-refractivity contribution in [2.45, 2.75) is 32.1 Å². The molecule has 2 N–H and O–H groups in total. The Balaban J connectivity index is 2.20. The van der Waals surface area contributed by atoms with Crippen LogP contribution in [0.25, 0.3) is 0 Å². The van der Waals surface area contributed by atoms with Crippen LogP contribution in [0, 0.1) is 5.92 Å². The molecule has 0 radical (unpaired) electrons. The summed E-state index contributed by atoms with van der Waals surface area (Å²) >= 11 is 0. The lowest BCUT2D eigenvalue weighted by atomic mass is 10.0. The third-order valence-electron chi connectivity index (χ3n) is 2.94. The summed E-state index contributed by atoms with van der Waals surface area (Å²) in [5.74, 6) is 0.603. The van der Waals surface area contributed by atoms with Gasteiger partial charge in [0, 0.05) is 13.0 Å². The van der Waals surface area contributed by atoms with E-state index in [0.717, 1.165) is 38.9 Å². The highest BCUT2D eigenvalue weighted by Gasteiger charge is 2.16. The second-order valence-electron chi connectivity index (χ2n) is 4.05. The quantitative estimate of drug-likeness (QED) is 0.758. The third-order valence-corrected chi connectivity index (χ3v) is 2.94. The maximum Gasteiger partial charge on any atom is 0.239 e. The summed E-state index contributed by atoms with van der Waals surface area (Å²) in [5, 5.41) is 0. The van der Waals surface area contributed by atoms with Gasteiger partial charge in [0.1, 0.15) is 0 Å². The number of hydrogen-bond donors (Lipinski definition) is 1. The summed E-state index contributed by atoms with van der Waals surface area (Å²) in [5.41, 5.74) is 5.60. The molecule has 1 aliphatic heterocycles. The Morgan fingerprint density at radius 2 is 2.07 bits per heavy atom. The minimum atomic E-state index is -2.16. The van der Waals surface area contributed by atoms with E-state index in [9.17, 15) is 8.78 Å². The van der Waals surface area contributed by atoms with E-state index < -0.39 is 6.43 Å². The molecule has 0 aromatic carbocycles. The molecule has 0 aromatic rings. The molecule has 1 fully saturated rings. The number of rotatable bonds is 4. The van der Waals surface area contributed by atoms with Crippen LogP contribution in [0.2, 0.25) is 0 Å². The van der Waals surface area contributed by atoms with Crippen LogP contribution in [0.5, 0.6) is 0 Å². The van der Waals surface area contributed by atoms with Crippen molar-refractivity contribution in [1.29, 1.82) is 0 Å². The van der Waals surface area contributed by atoms with E-state index in [1.54, 1.807) is 0 Å². The average Bonchev–Trinajstić information content (AvgIpc) is 2.39. The van der Waals surface area contributed by atoms with Gasteiger partial charge in [-0.05, 0) is 44.8 Å². The summed E-state index contributed by atoms with van der Waals surface area (Å²) in [7, 11) is 0. The number of alkyl halides is 2. The first kappa shape index (κ1) is 11.9. The second-order valence-corrected chi connectivity index (χ2v) is 4.05. The number of halogens is 2. The summed E-state index contributed by atoms with van der Waals surface area (Å²) in [6, 6.07) is 0. The van der Waals surface area contributed by atoms with E-state index in [2.05, 4.69) is 4.90 Å². The first-order valence-corrected chi connectivity index (χ1v) is 5.43. The summed E-state index contributed by atoms with van der Waals surface area (Å²) in [6.07, 6.45) is 1.17. The SMILES string of the molecule is NCC1CCCN(CCC(F)F)CC1. The van der Waals surface area contributed by atoms with Crippen LogP contribution in [0.3, 0.4) is 0 Å². The molecule has 1 heterocycles. The Labute approximate surface area is 84.4 Å². The molecule has 1 aliphatic rings. The van der Waals surface area contributed by atoms with Crippen molar-refractivity contribution in [3.05, 3.63) is 0 Å². The van der Waals surface area contributed by atoms with Crippen LogP contribution >= 0.6 is 0 Å². The molecular weight excluding hydrogens is 186 g/mol. The first-order chi connectivity index (χ1) is 6.72. The largest absolute Gasteiger partial charge is 0.330 e. The van der Waals surface area contributed by atoms with E-state index in [-0.39, 0.29) is 6.42 Å². The van der Waals surface area contributed by atoms with Crippen LogP contribution in [0.4, 0.5) is 8.78 Å². The molecule has 4 heteroatoms. The van der Waals surface area contributed by atoms with Gasteiger partial charge in [-0.1, -0.05) is 0 Å². The zero-order valence-electron chi connectivity index (χ0n) is 8.59. The molecule has 1 rings (SSSR count). The minimum absolute atomic E-state index is 0.00723. The number of hydrogen-bond acceptors (Lipinski definition) is 2. The molecular formula is C10H20F2N2. The van der Waals surface area contributed by atoms with E-state index in [1.807, 2.05) is 0 Å². The van der Waals surface area contributed by atoms with E-state index in [4.69, 9.17) is 5.73 Å². The Kier molecular flexibility index (Phi) is 5.33. The normalized spacial score (nSPS) is 25.3. The maximum atomic E-state index is 12.0. The molecule has 0 saturated carbocycles. The second kappa shape index (κ2) is 6.30. The predicted molar refractivity (Wildman–Crippen MR) is 53.5 cm³/mol. The van der Waals surface area contributed by atoms with Crippen molar-refractivity contribution >= 4 is 0 Å². The molecule has 2 nitrogen and oxygen atoms in total. The molecule has 1 atom stereocenters. The number of likely N-dealkylation sites (tertiary alicyclic amines) is 1. The molecule has 1 saturated heterocycles. The Morgan fingerprint density at radius 3 is 2.71 bits per heavy atom. The molecule has 0 spiro atoms. The Morgan fingerprint density at radius 1 is 1.29 bits per heavy atom. The predicted octanol–water partition coefficient (Wildman–Crippen LogP) is 1.70. The van der Waals surface area contributed by atoms with E-state index >= 15 is 0 Å². The Hall–Kier alpha value is -0.220. The summed E-state index contributed by atoms with van der Waals surface area (Å²) < 4.78 is 24.0. The van der Waals surface area contributed by atoms with Gasteiger partial charge < -0.3 is 10.6 Å². The highest BCUT2D eigenvalue weighted by molar-refractivity contribution is 4.70. The van der Waals surface area contributed by atoms with Gasteiger partial charge in [-0.3, -0.25) is 0 Å². The smallest absolute Gasteiger partial charge is 0.239 e. The van der Waals surface area contributed by atoms with Gasteiger partial charge in [0.2, 0.25) is 6.43 Å². The molecule has 84 valence electrons. The zero-order chi connectivity index (χ0) is 10.4. The van der Waals surface area contributed by atoms with Gasteiger partial charge in [0.15, 0.2) is 0 Å². The topological polar surface area (TPSA) is 29.3 Å². The Bertz CT molecular complexity index is 153. The van der Waals surface area contributed by atoms with E-state index in [0.29, 0.717) is 12.5 Å². The van der Waals surface area contributed by atoms with Crippen molar-refractivity contribution in [3.8, 4) is 0 Å². The monoisotopic (exact) mass is 206 g/mol. The fraction of sp³-hybridized carbons (Fsp3) is 1.00. The van der Waals surface area contributed by atoms with Gasteiger partial charge in [-0.15, -0.1) is 0 Å². The molecule has 0 amide bonds. The molecule has 0 aromatic heterocycles. The van der Waals surface area contributed by atoms with Gasteiger partial charge in [-0.2, -0.15) is 0 Å². The van der Waals surface area contributed by atoms with Crippen molar-refractivity contribution in [2.24, 2.45) is 11.7 Å². The van der Waals surface area contributed by atoms with E-state index in [1.165, 1.54) is 0 Å². The van der Waals surface area contributed by atoms with Gasteiger partial charge in [0.25, 0.3) is 0 Å². The van der Waals surface area contributed by atoms with Crippen LogP contribution in [-0.4, -0.2) is 37.5 Å².